The third-order valence-electron chi connectivity index (χ3n) is 2.38. The zero-order valence-electron chi connectivity index (χ0n) is 8.85. The molecule has 0 aliphatic heterocycles. The number of furan rings is 1. The molecule has 16 heavy (non-hydrogen) atoms. The number of aliphatic hydroxyl groups is 1. The van der Waals surface area contributed by atoms with Crippen molar-refractivity contribution in [2.24, 2.45) is 0 Å². The Kier molecular flexibility index (Phi) is 2.75. The van der Waals surface area contributed by atoms with Crippen LogP contribution in [0.25, 0.3) is 0 Å². The van der Waals surface area contributed by atoms with Gasteiger partial charge in [0.05, 0.1) is 18.2 Å². The summed E-state index contributed by atoms with van der Waals surface area (Å²) >= 11 is 0. The van der Waals surface area contributed by atoms with Gasteiger partial charge in [0.1, 0.15) is 17.2 Å². The van der Waals surface area contributed by atoms with Crippen LogP contribution in [0.4, 0.5) is 4.39 Å². The molecule has 2 aromatic rings. The van der Waals surface area contributed by atoms with E-state index in [4.69, 9.17) is 4.42 Å². The van der Waals surface area contributed by atoms with Crippen LogP contribution in [-0.4, -0.2) is 10.1 Å². The van der Waals surface area contributed by atoms with E-state index in [1.807, 2.05) is 0 Å². The molecule has 4 heteroatoms. The van der Waals surface area contributed by atoms with Crippen molar-refractivity contribution in [1.29, 1.82) is 0 Å². The summed E-state index contributed by atoms with van der Waals surface area (Å²) in [6.07, 6.45) is 2.94. The second kappa shape index (κ2) is 4.06. The minimum atomic E-state index is -1.16. The zero-order chi connectivity index (χ0) is 11.6. The summed E-state index contributed by atoms with van der Waals surface area (Å²) < 4.78 is 17.8. The molecule has 0 saturated carbocycles. The lowest BCUT2D eigenvalue weighted by Gasteiger charge is -2.21. The van der Waals surface area contributed by atoms with E-state index >= 15 is 0 Å². The second-order valence-electron chi connectivity index (χ2n) is 3.89. The van der Waals surface area contributed by atoms with Crippen LogP contribution in [0.3, 0.4) is 0 Å². The topological polar surface area (TPSA) is 46.3 Å². The highest BCUT2D eigenvalue weighted by Crippen LogP contribution is 2.23. The Bertz CT molecular complexity index is 448. The number of rotatable bonds is 3. The summed E-state index contributed by atoms with van der Waals surface area (Å²) in [4.78, 5) is 3.86. The van der Waals surface area contributed by atoms with Crippen molar-refractivity contribution in [3.8, 4) is 0 Å². The molecule has 0 radical (unpaired) electrons. The number of halogens is 1. The van der Waals surface area contributed by atoms with Gasteiger partial charge in [-0.25, -0.2) is 4.39 Å². The molecular weight excluding hydrogens is 209 g/mol. The van der Waals surface area contributed by atoms with Crippen molar-refractivity contribution in [3.63, 3.8) is 0 Å². The molecule has 1 atom stereocenters. The first kappa shape index (κ1) is 10.8. The normalized spacial score (nSPS) is 14.7. The van der Waals surface area contributed by atoms with E-state index in [1.54, 1.807) is 25.3 Å². The van der Waals surface area contributed by atoms with Crippen LogP contribution in [-0.2, 0) is 12.0 Å². The molecule has 0 fully saturated rings. The van der Waals surface area contributed by atoms with E-state index in [0.29, 0.717) is 17.9 Å². The Hall–Kier alpha value is -1.68. The SMILES string of the molecule is CC(O)(Cc1ccco1)c1ccc(F)cn1. The lowest BCUT2D eigenvalue weighted by molar-refractivity contribution is 0.0475. The first-order valence-corrected chi connectivity index (χ1v) is 4.95. The standard InChI is InChI=1S/C12H12FNO2/c1-12(15,7-10-3-2-6-16-10)11-5-4-9(13)8-14-11/h2-6,8,15H,7H2,1H3. The molecule has 2 aromatic heterocycles. The van der Waals surface area contributed by atoms with Crippen LogP contribution in [0.15, 0.2) is 41.1 Å². The number of aromatic nitrogens is 1. The average molecular weight is 221 g/mol. The molecule has 0 aliphatic rings. The van der Waals surface area contributed by atoms with Gasteiger partial charge in [-0.05, 0) is 31.2 Å². The van der Waals surface area contributed by atoms with Crippen LogP contribution < -0.4 is 0 Å². The number of pyridine rings is 1. The van der Waals surface area contributed by atoms with Crippen molar-refractivity contribution in [3.05, 3.63) is 54.0 Å². The number of hydrogen-bond donors (Lipinski definition) is 1. The van der Waals surface area contributed by atoms with E-state index < -0.39 is 11.4 Å². The summed E-state index contributed by atoms with van der Waals surface area (Å²) in [5.41, 5.74) is -0.740. The maximum atomic E-state index is 12.7. The molecule has 0 amide bonds. The van der Waals surface area contributed by atoms with Gasteiger partial charge < -0.3 is 9.52 Å². The van der Waals surface area contributed by atoms with E-state index in [1.165, 1.54) is 12.1 Å². The smallest absolute Gasteiger partial charge is 0.141 e. The van der Waals surface area contributed by atoms with E-state index in [0.717, 1.165) is 6.20 Å². The Morgan fingerprint density at radius 2 is 2.25 bits per heavy atom. The summed E-state index contributed by atoms with van der Waals surface area (Å²) in [5, 5.41) is 10.2. The highest BCUT2D eigenvalue weighted by molar-refractivity contribution is 5.16. The van der Waals surface area contributed by atoms with Crippen molar-refractivity contribution in [2.45, 2.75) is 18.9 Å². The largest absolute Gasteiger partial charge is 0.469 e. The molecule has 0 aliphatic carbocycles. The molecule has 1 unspecified atom stereocenters. The molecule has 1 N–H and O–H groups in total. The quantitative estimate of drug-likeness (QED) is 0.864. The predicted octanol–water partition coefficient (Wildman–Crippen LogP) is 2.26. The van der Waals surface area contributed by atoms with Gasteiger partial charge in [0.25, 0.3) is 0 Å². The summed E-state index contributed by atoms with van der Waals surface area (Å²) in [6, 6.07) is 6.28. The Balaban J connectivity index is 2.21. The van der Waals surface area contributed by atoms with E-state index in [2.05, 4.69) is 4.98 Å². The molecule has 0 spiro atoms. The molecule has 3 nitrogen and oxygen atoms in total. The zero-order valence-corrected chi connectivity index (χ0v) is 8.85. The van der Waals surface area contributed by atoms with Crippen molar-refractivity contribution < 1.29 is 13.9 Å². The molecular formula is C12H12FNO2. The molecule has 2 rings (SSSR count). The molecule has 84 valence electrons. The van der Waals surface area contributed by atoms with Gasteiger partial charge in [-0.2, -0.15) is 0 Å². The third kappa shape index (κ3) is 2.28. The lowest BCUT2D eigenvalue weighted by atomic mass is 9.96. The van der Waals surface area contributed by atoms with Gasteiger partial charge in [0.2, 0.25) is 0 Å². The van der Waals surface area contributed by atoms with Gasteiger partial charge in [-0.3, -0.25) is 4.98 Å². The van der Waals surface area contributed by atoms with Gasteiger partial charge >= 0.3 is 0 Å². The highest BCUT2D eigenvalue weighted by Gasteiger charge is 2.26. The van der Waals surface area contributed by atoms with Crippen LogP contribution in [0.5, 0.6) is 0 Å². The Morgan fingerprint density at radius 1 is 1.44 bits per heavy atom. The van der Waals surface area contributed by atoms with Crippen LogP contribution in [0, 0.1) is 5.82 Å². The fraction of sp³-hybridized carbons (Fsp3) is 0.250. The van der Waals surface area contributed by atoms with Crippen LogP contribution >= 0.6 is 0 Å². The van der Waals surface area contributed by atoms with Crippen LogP contribution in [0.2, 0.25) is 0 Å². The van der Waals surface area contributed by atoms with Gasteiger partial charge in [0.15, 0.2) is 0 Å². The maximum Gasteiger partial charge on any atom is 0.141 e. The first-order chi connectivity index (χ1) is 7.58. The van der Waals surface area contributed by atoms with E-state index in [9.17, 15) is 9.50 Å². The lowest BCUT2D eigenvalue weighted by Crippen LogP contribution is -2.25. The third-order valence-corrected chi connectivity index (χ3v) is 2.38. The monoisotopic (exact) mass is 221 g/mol. The predicted molar refractivity (Wildman–Crippen MR) is 56.2 cm³/mol. The van der Waals surface area contributed by atoms with Gasteiger partial charge in [-0.15, -0.1) is 0 Å². The highest BCUT2D eigenvalue weighted by atomic mass is 19.1. The van der Waals surface area contributed by atoms with Crippen molar-refractivity contribution >= 4 is 0 Å². The second-order valence-corrected chi connectivity index (χ2v) is 3.89. The summed E-state index contributed by atoms with van der Waals surface area (Å²) in [7, 11) is 0. The number of nitrogens with zero attached hydrogens (tertiary/aromatic N) is 1. The van der Waals surface area contributed by atoms with Crippen molar-refractivity contribution in [2.75, 3.05) is 0 Å². The number of hydrogen-bond acceptors (Lipinski definition) is 3. The minimum absolute atomic E-state index is 0.304. The Morgan fingerprint density at radius 3 is 2.81 bits per heavy atom. The summed E-state index contributed by atoms with van der Waals surface area (Å²) in [5.74, 6) is 0.244. The fourth-order valence-corrected chi connectivity index (χ4v) is 1.54. The minimum Gasteiger partial charge on any atom is -0.469 e. The van der Waals surface area contributed by atoms with Crippen molar-refractivity contribution in [1.82, 2.24) is 4.98 Å². The fourth-order valence-electron chi connectivity index (χ4n) is 1.54. The maximum absolute atomic E-state index is 12.7. The average Bonchev–Trinajstić information content (AvgIpc) is 2.70. The Labute approximate surface area is 92.6 Å². The van der Waals surface area contributed by atoms with Gasteiger partial charge in [0, 0.05) is 6.42 Å². The van der Waals surface area contributed by atoms with E-state index in [-0.39, 0.29) is 0 Å². The van der Waals surface area contributed by atoms with Crippen LogP contribution in [0.1, 0.15) is 18.4 Å². The van der Waals surface area contributed by atoms with Gasteiger partial charge in [-0.1, -0.05) is 0 Å². The summed E-state index contributed by atoms with van der Waals surface area (Å²) in [6.45, 7) is 1.62. The molecule has 0 aromatic carbocycles. The first-order valence-electron chi connectivity index (χ1n) is 4.95. The molecule has 0 bridgehead atoms. The molecule has 2 heterocycles. The molecule has 0 saturated heterocycles.